The van der Waals surface area contributed by atoms with Crippen LogP contribution in [-0.2, 0) is 9.59 Å². The maximum Gasteiger partial charge on any atom is 0.314 e. The van der Waals surface area contributed by atoms with Gasteiger partial charge in [-0.25, -0.2) is 0 Å². The fourth-order valence-electron chi connectivity index (χ4n) is 1.86. The lowest BCUT2D eigenvalue weighted by atomic mass is 10.1. The van der Waals surface area contributed by atoms with Crippen molar-refractivity contribution in [2.45, 2.75) is 11.8 Å². The highest BCUT2D eigenvalue weighted by Gasteiger charge is 2.14. The molecule has 0 atom stereocenters. The minimum absolute atomic E-state index is 0.0608. The Morgan fingerprint density at radius 3 is 2.04 bits per heavy atom. The van der Waals surface area contributed by atoms with E-state index >= 15 is 0 Å². The Balaban J connectivity index is 1.99. The first-order chi connectivity index (χ1) is 11.0. The van der Waals surface area contributed by atoms with E-state index in [1.807, 2.05) is 12.3 Å². The first-order valence-electron chi connectivity index (χ1n) is 6.87. The van der Waals surface area contributed by atoms with Crippen LogP contribution in [0.1, 0.15) is 17.3 Å². The number of rotatable bonds is 4. The minimum atomic E-state index is -0.768. The van der Waals surface area contributed by atoms with Gasteiger partial charge in [0.25, 0.3) is 0 Å². The molecule has 0 radical (unpaired) electrons. The van der Waals surface area contributed by atoms with E-state index in [1.165, 1.54) is 6.92 Å². The summed E-state index contributed by atoms with van der Waals surface area (Å²) in [6.07, 6.45) is 1.93. The zero-order valence-corrected chi connectivity index (χ0v) is 13.6. The van der Waals surface area contributed by atoms with Crippen molar-refractivity contribution in [1.29, 1.82) is 0 Å². The summed E-state index contributed by atoms with van der Waals surface area (Å²) >= 11 is 1.55. The number of amides is 2. The molecule has 2 amide bonds. The Bertz CT molecular complexity index is 742. The highest BCUT2D eigenvalue weighted by molar-refractivity contribution is 7.98. The summed E-state index contributed by atoms with van der Waals surface area (Å²) in [5.74, 6) is -1.58. The summed E-state index contributed by atoms with van der Waals surface area (Å²) in [5, 5.41) is 5.04. The number of carbonyl (C=O) groups is 3. The van der Waals surface area contributed by atoms with Crippen molar-refractivity contribution >= 4 is 40.7 Å². The van der Waals surface area contributed by atoms with Gasteiger partial charge >= 0.3 is 11.8 Å². The fourth-order valence-corrected chi connectivity index (χ4v) is 2.32. The molecule has 6 heteroatoms. The predicted octanol–water partition coefficient (Wildman–Crippen LogP) is 3.19. The van der Waals surface area contributed by atoms with Gasteiger partial charge in [0.15, 0.2) is 5.78 Å². The quantitative estimate of drug-likeness (QED) is 0.513. The molecule has 5 nitrogen and oxygen atoms in total. The van der Waals surface area contributed by atoms with E-state index in [2.05, 4.69) is 10.6 Å². The van der Waals surface area contributed by atoms with Gasteiger partial charge in [-0.3, -0.25) is 14.4 Å². The van der Waals surface area contributed by atoms with Crippen LogP contribution in [0.3, 0.4) is 0 Å². The summed E-state index contributed by atoms with van der Waals surface area (Å²) in [4.78, 5) is 36.0. The lowest BCUT2D eigenvalue weighted by Crippen LogP contribution is -2.29. The van der Waals surface area contributed by atoms with Gasteiger partial charge in [0.1, 0.15) is 0 Å². The summed E-state index contributed by atoms with van der Waals surface area (Å²) in [7, 11) is 0. The molecule has 0 aromatic heterocycles. The number of ketones is 1. The van der Waals surface area contributed by atoms with Crippen molar-refractivity contribution in [2.24, 2.45) is 0 Å². The molecule has 0 heterocycles. The SMILES string of the molecule is CSc1cccc(NC(=O)C(=O)Nc2ccc(C(C)=O)cc2)c1. The van der Waals surface area contributed by atoms with Gasteiger partial charge < -0.3 is 10.6 Å². The van der Waals surface area contributed by atoms with Gasteiger partial charge in [-0.05, 0) is 55.6 Å². The number of hydrogen-bond donors (Lipinski definition) is 2. The molecule has 23 heavy (non-hydrogen) atoms. The molecule has 0 aliphatic rings. The second kappa shape index (κ2) is 7.60. The van der Waals surface area contributed by atoms with Gasteiger partial charge in [0.2, 0.25) is 0 Å². The van der Waals surface area contributed by atoms with E-state index in [-0.39, 0.29) is 5.78 Å². The van der Waals surface area contributed by atoms with Crippen LogP contribution in [0.4, 0.5) is 11.4 Å². The maximum atomic E-state index is 11.9. The van der Waals surface area contributed by atoms with E-state index in [1.54, 1.807) is 54.2 Å². The van der Waals surface area contributed by atoms with Gasteiger partial charge in [0.05, 0.1) is 0 Å². The first-order valence-corrected chi connectivity index (χ1v) is 8.09. The Labute approximate surface area is 138 Å². The zero-order valence-electron chi connectivity index (χ0n) is 12.8. The lowest BCUT2D eigenvalue weighted by Gasteiger charge is -2.08. The summed E-state index contributed by atoms with van der Waals surface area (Å²) < 4.78 is 0. The number of carbonyl (C=O) groups excluding carboxylic acids is 3. The molecule has 2 aromatic rings. The van der Waals surface area contributed by atoms with Crippen LogP contribution in [0.25, 0.3) is 0 Å². The molecule has 118 valence electrons. The van der Waals surface area contributed by atoms with Gasteiger partial charge in [-0.1, -0.05) is 6.07 Å². The molecule has 0 saturated heterocycles. The van der Waals surface area contributed by atoms with Gasteiger partial charge in [-0.2, -0.15) is 0 Å². The van der Waals surface area contributed by atoms with Crippen LogP contribution in [0, 0.1) is 0 Å². The van der Waals surface area contributed by atoms with Crippen LogP contribution in [0.2, 0.25) is 0 Å². The maximum absolute atomic E-state index is 11.9. The summed E-state index contributed by atoms with van der Waals surface area (Å²) in [5.41, 5.74) is 1.55. The number of thioether (sulfide) groups is 1. The number of nitrogens with one attached hydrogen (secondary N) is 2. The predicted molar refractivity (Wildman–Crippen MR) is 91.9 cm³/mol. The normalized spacial score (nSPS) is 10.0. The molecule has 0 aliphatic heterocycles. The molecule has 0 spiro atoms. The molecule has 0 unspecified atom stereocenters. The zero-order chi connectivity index (χ0) is 16.8. The Hall–Kier alpha value is -2.60. The largest absolute Gasteiger partial charge is 0.318 e. The fraction of sp³-hybridized carbons (Fsp3) is 0.118. The molecule has 2 rings (SSSR count). The number of Topliss-reactive ketones (excluding diaryl/α,β-unsaturated/α-hetero) is 1. The monoisotopic (exact) mass is 328 g/mol. The highest BCUT2D eigenvalue weighted by Crippen LogP contribution is 2.19. The van der Waals surface area contributed by atoms with Crippen molar-refractivity contribution in [2.75, 3.05) is 16.9 Å². The standard InChI is InChI=1S/C17H16N2O3S/c1-11(20)12-6-8-13(9-7-12)18-16(21)17(22)19-14-4-3-5-15(10-14)23-2/h3-10H,1-2H3,(H,18,21)(H,19,22). The van der Waals surface area contributed by atoms with E-state index in [9.17, 15) is 14.4 Å². The number of hydrogen-bond acceptors (Lipinski definition) is 4. The van der Waals surface area contributed by atoms with E-state index < -0.39 is 11.8 Å². The average Bonchev–Trinajstić information content (AvgIpc) is 2.55. The van der Waals surface area contributed by atoms with E-state index in [4.69, 9.17) is 0 Å². The Kier molecular flexibility index (Phi) is 5.54. The minimum Gasteiger partial charge on any atom is -0.318 e. The average molecular weight is 328 g/mol. The van der Waals surface area contributed by atoms with Crippen molar-refractivity contribution in [3.63, 3.8) is 0 Å². The smallest absolute Gasteiger partial charge is 0.314 e. The van der Waals surface area contributed by atoms with Crippen molar-refractivity contribution in [3.05, 3.63) is 54.1 Å². The van der Waals surface area contributed by atoms with Crippen LogP contribution < -0.4 is 10.6 Å². The van der Waals surface area contributed by atoms with Crippen LogP contribution in [0.15, 0.2) is 53.4 Å². The molecule has 0 bridgehead atoms. The molecule has 2 N–H and O–H groups in total. The molecule has 2 aromatic carbocycles. The van der Waals surface area contributed by atoms with Crippen molar-refractivity contribution in [3.8, 4) is 0 Å². The van der Waals surface area contributed by atoms with Gasteiger partial charge in [-0.15, -0.1) is 11.8 Å². The van der Waals surface area contributed by atoms with Crippen molar-refractivity contribution < 1.29 is 14.4 Å². The number of benzene rings is 2. The second-order valence-electron chi connectivity index (χ2n) is 4.77. The highest BCUT2D eigenvalue weighted by atomic mass is 32.2. The summed E-state index contributed by atoms with van der Waals surface area (Å²) in [6, 6.07) is 13.6. The Morgan fingerprint density at radius 1 is 0.870 bits per heavy atom. The van der Waals surface area contributed by atoms with Crippen LogP contribution in [-0.4, -0.2) is 23.9 Å². The molecule has 0 fully saturated rings. The third kappa shape index (κ3) is 4.69. The first kappa shape index (κ1) is 16.8. The van der Waals surface area contributed by atoms with Crippen LogP contribution >= 0.6 is 11.8 Å². The molecular formula is C17H16N2O3S. The topological polar surface area (TPSA) is 75.3 Å². The molecule has 0 aliphatic carbocycles. The third-order valence-corrected chi connectivity index (χ3v) is 3.81. The lowest BCUT2D eigenvalue weighted by molar-refractivity contribution is -0.133. The summed E-state index contributed by atoms with van der Waals surface area (Å²) in [6.45, 7) is 1.46. The van der Waals surface area contributed by atoms with Gasteiger partial charge in [0, 0.05) is 21.8 Å². The Morgan fingerprint density at radius 2 is 1.48 bits per heavy atom. The van der Waals surface area contributed by atoms with Crippen molar-refractivity contribution in [1.82, 2.24) is 0 Å². The molecule has 0 saturated carbocycles. The second-order valence-corrected chi connectivity index (χ2v) is 5.65. The van der Waals surface area contributed by atoms with E-state index in [0.717, 1.165) is 4.90 Å². The van der Waals surface area contributed by atoms with E-state index in [0.29, 0.717) is 16.9 Å². The molecular weight excluding hydrogens is 312 g/mol. The van der Waals surface area contributed by atoms with Crippen LogP contribution in [0.5, 0.6) is 0 Å². The third-order valence-electron chi connectivity index (χ3n) is 3.08. The number of anilines is 2.